The number of rotatable bonds is 23. The summed E-state index contributed by atoms with van der Waals surface area (Å²) < 4.78 is 56.1. The number of carbonyl (C=O) groups excluding carboxylic acids is 2. The number of hydrogen-bond donors (Lipinski definition) is 2. The lowest BCUT2D eigenvalue weighted by molar-refractivity contribution is -0.135. The average molecular weight is 578 g/mol. The quantitative estimate of drug-likeness (QED) is 0.112. The molecule has 0 unspecified atom stereocenters. The van der Waals surface area contributed by atoms with Crippen LogP contribution in [-0.2, 0) is 44.6 Å². The predicted octanol–water partition coefficient (Wildman–Crippen LogP) is 2.24. The van der Waals surface area contributed by atoms with Crippen molar-refractivity contribution in [2.45, 2.75) is 39.4 Å². The van der Waals surface area contributed by atoms with Gasteiger partial charge in [-0.05, 0) is 38.5 Å². The molecule has 0 aliphatic carbocycles. The van der Waals surface area contributed by atoms with Crippen LogP contribution >= 0.6 is 0 Å². The Labute approximate surface area is 235 Å². The van der Waals surface area contributed by atoms with Crippen LogP contribution in [0.15, 0.2) is 18.2 Å². The summed E-state index contributed by atoms with van der Waals surface area (Å²) >= 11 is 0. The van der Waals surface area contributed by atoms with Crippen molar-refractivity contribution >= 4 is 12.1 Å². The van der Waals surface area contributed by atoms with Gasteiger partial charge in [0.2, 0.25) is 0 Å². The first-order valence-electron chi connectivity index (χ1n) is 13.2. The number of nitrogens with one attached hydrogen (secondary N) is 1. The molecule has 1 aromatic rings. The highest BCUT2D eigenvalue weighted by Crippen LogP contribution is 2.18. The minimum Gasteiger partial charge on any atom is -0.444 e. The Morgan fingerprint density at radius 1 is 0.775 bits per heavy atom. The number of benzene rings is 1. The molecule has 40 heavy (non-hydrogen) atoms. The summed E-state index contributed by atoms with van der Waals surface area (Å²) in [6.07, 6.45) is -0.498. The van der Waals surface area contributed by atoms with Crippen LogP contribution in [0.3, 0.4) is 0 Å². The Hall–Kier alpha value is -2.39. The molecule has 1 rings (SSSR count). The van der Waals surface area contributed by atoms with Crippen molar-refractivity contribution in [1.29, 1.82) is 0 Å². The van der Waals surface area contributed by atoms with E-state index >= 15 is 0 Å². The molecule has 1 aromatic carbocycles. The van der Waals surface area contributed by atoms with Crippen molar-refractivity contribution in [2.75, 3.05) is 85.8 Å². The Balaban J connectivity index is 1.78. The maximum absolute atomic E-state index is 13.7. The Bertz CT molecular complexity index is 820. The molecule has 2 N–H and O–H groups in total. The summed E-state index contributed by atoms with van der Waals surface area (Å²) in [6.45, 7) is 10.00. The highest BCUT2D eigenvalue weighted by molar-refractivity contribution is 5.72. The highest BCUT2D eigenvalue weighted by atomic mass is 19.1. The van der Waals surface area contributed by atoms with E-state index in [9.17, 15) is 14.0 Å². The van der Waals surface area contributed by atoms with E-state index in [0.29, 0.717) is 84.8 Å². The molecule has 0 aromatic heterocycles. The van der Waals surface area contributed by atoms with E-state index in [1.165, 1.54) is 12.1 Å². The van der Waals surface area contributed by atoms with E-state index in [-0.39, 0.29) is 25.4 Å². The van der Waals surface area contributed by atoms with Gasteiger partial charge in [-0.3, -0.25) is 4.79 Å². The number of esters is 1. The summed E-state index contributed by atoms with van der Waals surface area (Å²) in [4.78, 5) is 23.2. The van der Waals surface area contributed by atoms with E-state index in [1.807, 2.05) is 0 Å². The van der Waals surface area contributed by atoms with Crippen molar-refractivity contribution in [3.63, 3.8) is 0 Å². The zero-order valence-electron chi connectivity index (χ0n) is 23.7. The van der Waals surface area contributed by atoms with Gasteiger partial charge in [0.25, 0.3) is 0 Å². The van der Waals surface area contributed by atoms with Crippen LogP contribution in [0, 0.1) is 5.82 Å². The smallest absolute Gasteiger partial charge is 0.407 e. The van der Waals surface area contributed by atoms with Gasteiger partial charge in [-0.2, -0.15) is 0 Å². The van der Waals surface area contributed by atoms with E-state index in [0.717, 1.165) is 6.07 Å². The van der Waals surface area contributed by atoms with Crippen molar-refractivity contribution in [3.05, 3.63) is 29.6 Å². The van der Waals surface area contributed by atoms with Crippen molar-refractivity contribution < 1.29 is 57.0 Å². The Kier molecular flexibility index (Phi) is 19.9. The number of carbonyl (C=O) groups is 2. The minimum absolute atomic E-state index is 0.0295. The second kappa shape index (κ2) is 22.3. The van der Waals surface area contributed by atoms with Gasteiger partial charge in [-0.15, -0.1) is 0 Å². The van der Waals surface area contributed by atoms with Crippen molar-refractivity contribution in [3.8, 4) is 5.75 Å². The molecule has 0 saturated heterocycles. The molecule has 0 aliphatic heterocycles. The first kappa shape index (κ1) is 35.6. The average Bonchev–Trinajstić information content (AvgIpc) is 2.89. The molecule has 0 fully saturated rings. The van der Waals surface area contributed by atoms with Gasteiger partial charge in [0.1, 0.15) is 5.60 Å². The van der Waals surface area contributed by atoms with Gasteiger partial charge in [0.05, 0.1) is 92.3 Å². The molecule has 0 radical (unpaired) electrons. The van der Waals surface area contributed by atoms with Crippen LogP contribution < -0.4 is 10.1 Å². The lowest BCUT2D eigenvalue weighted by Crippen LogP contribution is -2.34. The molecule has 0 bridgehead atoms. The van der Waals surface area contributed by atoms with Gasteiger partial charge < -0.3 is 48.3 Å². The summed E-state index contributed by atoms with van der Waals surface area (Å²) in [6, 6.07) is 3.89. The van der Waals surface area contributed by atoms with E-state index in [1.54, 1.807) is 20.8 Å². The fraction of sp³-hybridized carbons (Fsp3) is 0.704. The summed E-state index contributed by atoms with van der Waals surface area (Å²) in [5, 5.41) is 11.6. The van der Waals surface area contributed by atoms with E-state index in [2.05, 4.69) is 5.32 Å². The third-order valence-corrected chi connectivity index (χ3v) is 4.63. The van der Waals surface area contributed by atoms with Gasteiger partial charge in [0.15, 0.2) is 11.6 Å². The first-order chi connectivity index (χ1) is 19.2. The van der Waals surface area contributed by atoms with Crippen LogP contribution in [-0.4, -0.2) is 109 Å². The SMILES string of the molecule is CC(C)(C)OC(=O)NCCOCCOCCOCCOCCOCCOCCC(=O)Oc1ccc(CO)cc1F. The van der Waals surface area contributed by atoms with Gasteiger partial charge in [-0.25, -0.2) is 9.18 Å². The molecule has 0 spiro atoms. The summed E-state index contributed by atoms with van der Waals surface area (Å²) in [5.74, 6) is -1.51. The molecule has 230 valence electrons. The second-order valence-electron chi connectivity index (χ2n) is 9.25. The first-order valence-corrected chi connectivity index (χ1v) is 13.2. The second-order valence-corrected chi connectivity index (χ2v) is 9.25. The number of halogens is 1. The van der Waals surface area contributed by atoms with Crippen LogP contribution in [0.5, 0.6) is 5.75 Å². The third-order valence-electron chi connectivity index (χ3n) is 4.63. The zero-order valence-corrected chi connectivity index (χ0v) is 23.7. The van der Waals surface area contributed by atoms with Crippen LogP contribution in [0.2, 0.25) is 0 Å². The Morgan fingerprint density at radius 3 is 1.70 bits per heavy atom. The van der Waals surface area contributed by atoms with Gasteiger partial charge in [-0.1, -0.05) is 6.07 Å². The van der Waals surface area contributed by atoms with Gasteiger partial charge >= 0.3 is 12.1 Å². The Morgan fingerprint density at radius 2 is 1.25 bits per heavy atom. The zero-order chi connectivity index (χ0) is 29.5. The monoisotopic (exact) mass is 577 g/mol. The molecule has 13 heteroatoms. The fourth-order valence-corrected chi connectivity index (χ4v) is 2.80. The molecule has 1 amide bonds. The van der Waals surface area contributed by atoms with E-state index < -0.39 is 23.5 Å². The van der Waals surface area contributed by atoms with Crippen molar-refractivity contribution in [2.24, 2.45) is 0 Å². The molecule has 0 atom stereocenters. The molecule has 0 heterocycles. The van der Waals surface area contributed by atoms with Gasteiger partial charge in [0, 0.05) is 6.54 Å². The minimum atomic E-state index is -0.710. The molecule has 12 nitrogen and oxygen atoms in total. The maximum Gasteiger partial charge on any atom is 0.407 e. The fourth-order valence-electron chi connectivity index (χ4n) is 2.80. The molecule has 0 aliphatic rings. The normalized spacial score (nSPS) is 11.4. The summed E-state index contributed by atoms with van der Waals surface area (Å²) in [7, 11) is 0. The third kappa shape index (κ3) is 20.5. The lowest BCUT2D eigenvalue weighted by atomic mass is 10.2. The molecule has 0 saturated carbocycles. The standard InChI is InChI=1S/C27H44FNO11/c1-27(2,3)40-26(32)29-7-9-34-11-13-36-15-17-38-19-18-37-16-14-35-12-10-33-8-6-25(31)39-24-5-4-22(21-30)20-23(24)28/h4-5,20,30H,6-19,21H2,1-3H3,(H,29,32). The van der Waals surface area contributed by atoms with Crippen LogP contribution in [0.1, 0.15) is 32.8 Å². The highest BCUT2D eigenvalue weighted by Gasteiger charge is 2.15. The topological polar surface area (TPSA) is 140 Å². The maximum atomic E-state index is 13.7. The number of aliphatic hydroxyl groups is 1. The van der Waals surface area contributed by atoms with Crippen LogP contribution in [0.25, 0.3) is 0 Å². The number of amides is 1. The van der Waals surface area contributed by atoms with Crippen molar-refractivity contribution in [1.82, 2.24) is 5.32 Å². The number of alkyl carbamates (subject to hydrolysis) is 1. The summed E-state index contributed by atoms with van der Waals surface area (Å²) in [5.41, 5.74) is -0.131. The predicted molar refractivity (Wildman–Crippen MR) is 142 cm³/mol. The molecular weight excluding hydrogens is 533 g/mol. The van der Waals surface area contributed by atoms with Crippen LogP contribution in [0.4, 0.5) is 9.18 Å². The largest absolute Gasteiger partial charge is 0.444 e. The number of ether oxygens (including phenoxy) is 8. The van der Waals surface area contributed by atoms with E-state index in [4.69, 9.17) is 43.0 Å². The number of hydrogen-bond acceptors (Lipinski definition) is 11. The molecular formula is C27H44FNO11. The number of aliphatic hydroxyl groups excluding tert-OH is 1. The lowest BCUT2D eigenvalue weighted by Gasteiger charge is -2.19.